The van der Waals surface area contributed by atoms with Crippen LogP contribution >= 0.6 is 0 Å². The molecule has 0 aromatic rings. The summed E-state index contributed by atoms with van der Waals surface area (Å²) in [6, 6.07) is 0. The first-order valence-electron chi connectivity index (χ1n) is 5.41. The van der Waals surface area contributed by atoms with Gasteiger partial charge in [-0.15, -0.1) is 0 Å². The van der Waals surface area contributed by atoms with Gasteiger partial charge in [0.05, 0.1) is 0 Å². The summed E-state index contributed by atoms with van der Waals surface area (Å²) in [6.45, 7) is 17.9. The molecule has 0 saturated carbocycles. The Kier molecular flexibility index (Phi) is 4.17. The molecule has 0 saturated heterocycles. The SMILES string of the molecule is CC(C=CC(C)(C)C)=C(C)C(C)(C)C. The van der Waals surface area contributed by atoms with Crippen LogP contribution in [0.2, 0.25) is 0 Å². The van der Waals surface area contributed by atoms with Crippen molar-refractivity contribution < 1.29 is 0 Å². The molecule has 0 aliphatic heterocycles. The zero-order valence-corrected chi connectivity index (χ0v) is 11.2. The average Bonchev–Trinajstić information content (AvgIpc) is 1.95. The van der Waals surface area contributed by atoms with E-state index >= 15 is 0 Å². The Bertz CT molecular complexity index is 238. The van der Waals surface area contributed by atoms with Crippen molar-refractivity contribution >= 4 is 0 Å². The largest absolute Gasteiger partial charge is 0.0789 e. The Morgan fingerprint density at radius 3 is 1.57 bits per heavy atom. The molecule has 0 N–H and O–H groups in total. The Morgan fingerprint density at radius 1 is 0.857 bits per heavy atom. The fourth-order valence-corrected chi connectivity index (χ4v) is 1.09. The second-order valence-electron chi connectivity index (χ2n) is 6.26. The van der Waals surface area contributed by atoms with Crippen LogP contribution in [-0.2, 0) is 0 Å². The van der Waals surface area contributed by atoms with Gasteiger partial charge in [-0.25, -0.2) is 0 Å². The van der Waals surface area contributed by atoms with Crippen LogP contribution in [-0.4, -0.2) is 0 Å². The van der Waals surface area contributed by atoms with Gasteiger partial charge in [-0.2, -0.15) is 0 Å². The maximum atomic E-state index is 2.28. The van der Waals surface area contributed by atoms with Gasteiger partial charge in [0, 0.05) is 0 Å². The van der Waals surface area contributed by atoms with Crippen LogP contribution < -0.4 is 0 Å². The maximum absolute atomic E-state index is 2.28. The van der Waals surface area contributed by atoms with Crippen LogP contribution in [0.4, 0.5) is 0 Å². The van der Waals surface area contributed by atoms with Gasteiger partial charge in [0.25, 0.3) is 0 Å². The number of hydrogen-bond acceptors (Lipinski definition) is 0. The van der Waals surface area contributed by atoms with Crippen molar-refractivity contribution in [3.8, 4) is 0 Å². The molecule has 0 nitrogen and oxygen atoms in total. The Balaban J connectivity index is 4.80. The highest BCUT2D eigenvalue weighted by Gasteiger charge is 2.14. The lowest BCUT2D eigenvalue weighted by Crippen LogP contribution is -2.08. The molecule has 82 valence electrons. The molecule has 0 heteroatoms. The van der Waals surface area contributed by atoms with Crippen LogP contribution in [0.25, 0.3) is 0 Å². The lowest BCUT2D eigenvalue weighted by molar-refractivity contribution is 0.499. The zero-order valence-electron chi connectivity index (χ0n) is 11.2. The molecule has 0 atom stereocenters. The topological polar surface area (TPSA) is 0 Å². The first-order valence-corrected chi connectivity index (χ1v) is 5.41. The minimum absolute atomic E-state index is 0.277. The summed E-state index contributed by atoms with van der Waals surface area (Å²) in [5.41, 5.74) is 3.43. The minimum atomic E-state index is 0.277. The lowest BCUT2D eigenvalue weighted by atomic mass is 9.84. The van der Waals surface area contributed by atoms with Crippen LogP contribution in [0.15, 0.2) is 23.3 Å². The molecule has 0 aliphatic rings. The fourth-order valence-electron chi connectivity index (χ4n) is 1.09. The predicted octanol–water partition coefficient (Wildman–Crippen LogP) is 4.97. The fraction of sp³-hybridized carbons (Fsp3) is 0.714. The van der Waals surface area contributed by atoms with E-state index in [0.29, 0.717) is 0 Å². The molecule has 0 radical (unpaired) electrons. The molecule has 14 heavy (non-hydrogen) atoms. The van der Waals surface area contributed by atoms with E-state index in [4.69, 9.17) is 0 Å². The molecule has 0 fully saturated rings. The first kappa shape index (κ1) is 13.5. The van der Waals surface area contributed by atoms with Crippen LogP contribution in [0.3, 0.4) is 0 Å². The van der Waals surface area contributed by atoms with E-state index in [0.717, 1.165) is 0 Å². The van der Waals surface area contributed by atoms with Gasteiger partial charge in [-0.3, -0.25) is 0 Å². The quantitative estimate of drug-likeness (QED) is 0.517. The van der Waals surface area contributed by atoms with Gasteiger partial charge < -0.3 is 0 Å². The van der Waals surface area contributed by atoms with E-state index in [1.54, 1.807) is 0 Å². The van der Waals surface area contributed by atoms with E-state index in [2.05, 4.69) is 67.5 Å². The Hall–Kier alpha value is -0.520. The zero-order chi connectivity index (χ0) is 11.6. The van der Waals surface area contributed by atoms with E-state index in [9.17, 15) is 0 Å². The minimum Gasteiger partial charge on any atom is -0.0789 e. The molecule has 0 aromatic carbocycles. The van der Waals surface area contributed by atoms with Gasteiger partial charge in [-0.1, -0.05) is 64.8 Å². The number of allylic oxidation sites excluding steroid dienone is 4. The Labute approximate surface area is 90.1 Å². The van der Waals surface area contributed by atoms with Gasteiger partial charge in [0.2, 0.25) is 0 Å². The molecule has 0 bridgehead atoms. The summed E-state index contributed by atoms with van der Waals surface area (Å²) in [6.07, 6.45) is 4.53. The molecule has 0 rings (SSSR count). The summed E-state index contributed by atoms with van der Waals surface area (Å²) < 4.78 is 0. The summed E-state index contributed by atoms with van der Waals surface area (Å²) >= 11 is 0. The highest BCUT2D eigenvalue weighted by molar-refractivity contribution is 5.26. The highest BCUT2D eigenvalue weighted by atomic mass is 14.2. The molecular weight excluding hydrogens is 168 g/mol. The van der Waals surface area contributed by atoms with E-state index in [1.165, 1.54) is 11.1 Å². The molecule has 0 amide bonds. The monoisotopic (exact) mass is 194 g/mol. The standard InChI is InChI=1S/C14H26/c1-11(9-10-13(3,4)5)12(2)14(6,7)8/h9-10H,1-8H3. The van der Waals surface area contributed by atoms with Gasteiger partial charge in [0.15, 0.2) is 0 Å². The van der Waals surface area contributed by atoms with Gasteiger partial charge in [0.1, 0.15) is 0 Å². The highest BCUT2D eigenvalue weighted by Crippen LogP contribution is 2.28. The van der Waals surface area contributed by atoms with Crippen LogP contribution in [0.1, 0.15) is 55.4 Å². The molecule has 0 aliphatic carbocycles. The predicted molar refractivity (Wildman–Crippen MR) is 66.4 cm³/mol. The molecule has 0 unspecified atom stereocenters. The second-order valence-corrected chi connectivity index (χ2v) is 6.26. The van der Waals surface area contributed by atoms with Crippen LogP contribution in [0.5, 0.6) is 0 Å². The van der Waals surface area contributed by atoms with Crippen molar-refractivity contribution in [1.29, 1.82) is 0 Å². The van der Waals surface area contributed by atoms with E-state index in [1.807, 2.05) is 0 Å². The van der Waals surface area contributed by atoms with Crippen molar-refractivity contribution in [3.05, 3.63) is 23.3 Å². The second kappa shape index (κ2) is 4.33. The van der Waals surface area contributed by atoms with Crippen molar-refractivity contribution in [2.24, 2.45) is 10.8 Å². The smallest absolute Gasteiger partial charge is 0.0170 e. The van der Waals surface area contributed by atoms with E-state index < -0.39 is 0 Å². The van der Waals surface area contributed by atoms with Crippen molar-refractivity contribution in [3.63, 3.8) is 0 Å². The number of rotatable bonds is 1. The molecule has 0 heterocycles. The molecular formula is C14H26. The first-order chi connectivity index (χ1) is 6.04. The third-order valence-electron chi connectivity index (χ3n) is 2.55. The van der Waals surface area contributed by atoms with Crippen molar-refractivity contribution in [2.75, 3.05) is 0 Å². The summed E-state index contributed by atoms with van der Waals surface area (Å²) in [5.74, 6) is 0. The molecule has 0 aromatic heterocycles. The maximum Gasteiger partial charge on any atom is -0.0170 e. The Morgan fingerprint density at radius 2 is 1.29 bits per heavy atom. The van der Waals surface area contributed by atoms with E-state index in [-0.39, 0.29) is 10.8 Å². The number of hydrogen-bond donors (Lipinski definition) is 0. The van der Waals surface area contributed by atoms with Crippen molar-refractivity contribution in [2.45, 2.75) is 55.4 Å². The van der Waals surface area contributed by atoms with Gasteiger partial charge in [-0.05, 0) is 24.7 Å². The lowest BCUT2D eigenvalue weighted by Gasteiger charge is -2.22. The normalized spacial score (nSPS) is 16.0. The third kappa shape index (κ3) is 5.26. The third-order valence-corrected chi connectivity index (χ3v) is 2.55. The van der Waals surface area contributed by atoms with Crippen molar-refractivity contribution in [1.82, 2.24) is 0 Å². The summed E-state index contributed by atoms with van der Waals surface area (Å²) in [7, 11) is 0. The summed E-state index contributed by atoms with van der Waals surface area (Å²) in [5, 5.41) is 0. The van der Waals surface area contributed by atoms with Crippen LogP contribution in [0, 0.1) is 10.8 Å². The summed E-state index contributed by atoms with van der Waals surface area (Å²) in [4.78, 5) is 0. The average molecular weight is 194 g/mol. The molecule has 0 spiro atoms. The van der Waals surface area contributed by atoms with Gasteiger partial charge >= 0.3 is 0 Å².